The third kappa shape index (κ3) is 3.93. The highest BCUT2D eigenvalue weighted by Crippen LogP contribution is 2.17. The minimum absolute atomic E-state index is 0.000886. The van der Waals surface area contributed by atoms with E-state index in [9.17, 15) is 14.4 Å². The Morgan fingerprint density at radius 1 is 1.29 bits per heavy atom. The van der Waals surface area contributed by atoms with Crippen LogP contribution in [0.2, 0.25) is 0 Å². The summed E-state index contributed by atoms with van der Waals surface area (Å²) in [5.74, 6) is -0.752. The molecular formula is C14H13N3O4. The van der Waals surface area contributed by atoms with Gasteiger partial charge in [-0.2, -0.15) is 0 Å². The van der Waals surface area contributed by atoms with Crippen LogP contribution >= 0.6 is 0 Å². The molecule has 1 heterocycles. The zero-order valence-corrected chi connectivity index (χ0v) is 11.0. The number of nitrogens with two attached hydrogens (primary N) is 1. The van der Waals surface area contributed by atoms with Crippen LogP contribution in [0.25, 0.3) is 0 Å². The Bertz CT molecular complexity index is 724. The number of primary amides is 1. The number of carbonyl (C=O) groups is 2. The number of anilines is 1. The summed E-state index contributed by atoms with van der Waals surface area (Å²) in [7, 11) is 0. The zero-order chi connectivity index (χ0) is 15.2. The van der Waals surface area contributed by atoms with Crippen LogP contribution in [-0.4, -0.2) is 23.4 Å². The monoisotopic (exact) mass is 287 g/mol. The van der Waals surface area contributed by atoms with Crippen LogP contribution in [0.3, 0.4) is 0 Å². The average Bonchev–Trinajstić information content (AvgIpc) is 2.46. The van der Waals surface area contributed by atoms with E-state index < -0.39 is 11.8 Å². The molecule has 1 aromatic carbocycles. The lowest BCUT2D eigenvalue weighted by Crippen LogP contribution is -2.21. The van der Waals surface area contributed by atoms with E-state index in [4.69, 9.17) is 10.5 Å². The Labute approximate surface area is 119 Å². The first kappa shape index (κ1) is 14.3. The number of rotatable bonds is 5. The van der Waals surface area contributed by atoms with Gasteiger partial charge in [-0.15, -0.1) is 0 Å². The van der Waals surface area contributed by atoms with Crippen molar-refractivity contribution in [3.63, 3.8) is 0 Å². The first-order valence-corrected chi connectivity index (χ1v) is 6.06. The fourth-order valence-corrected chi connectivity index (χ4v) is 1.61. The van der Waals surface area contributed by atoms with Gasteiger partial charge in [-0.25, -0.2) is 0 Å². The van der Waals surface area contributed by atoms with Crippen LogP contribution in [0.15, 0.2) is 47.5 Å². The van der Waals surface area contributed by atoms with Gasteiger partial charge in [0.1, 0.15) is 11.3 Å². The molecule has 0 spiro atoms. The van der Waals surface area contributed by atoms with Gasteiger partial charge < -0.3 is 20.8 Å². The number of nitrogens with one attached hydrogen (secondary N) is 2. The van der Waals surface area contributed by atoms with Crippen molar-refractivity contribution in [3.8, 4) is 5.75 Å². The molecule has 7 heteroatoms. The number of benzene rings is 1. The summed E-state index contributed by atoms with van der Waals surface area (Å²) >= 11 is 0. The topological polar surface area (TPSA) is 114 Å². The first-order chi connectivity index (χ1) is 10.1. The van der Waals surface area contributed by atoms with Gasteiger partial charge in [0, 0.05) is 30.2 Å². The molecule has 0 fully saturated rings. The normalized spacial score (nSPS) is 9.90. The second-order valence-electron chi connectivity index (χ2n) is 4.16. The maximum Gasteiger partial charge on any atom is 0.261 e. The van der Waals surface area contributed by atoms with Crippen molar-refractivity contribution in [2.24, 2.45) is 5.73 Å². The third-order valence-electron chi connectivity index (χ3n) is 2.54. The lowest BCUT2D eigenvalue weighted by Gasteiger charge is -2.07. The number of aromatic nitrogens is 1. The summed E-state index contributed by atoms with van der Waals surface area (Å²) < 4.78 is 5.13. The minimum atomic E-state index is -0.597. The highest BCUT2D eigenvalue weighted by molar-refractivity contribution is 6.04. The fraction of sp³-hybridized carbons (Fsp3) is 0.0714. The van der Waals surface area contributed by atoms with E-state index in [0.717, 1.165) is 0 Å². The van der Waals surface area contributed by atoms with Crippen LogP contribution in [0.1, 0.15) is 10.4 Å². The van der Waals surface area contributed by atoms with Gasteiger partial charge >= 0.3 is 0 Å². The molecule has 0 atom stereocenters. The van der Waals surface area contributed by atoms with Crippen molar-refractivity contribution >= 4 is 17.5 Å². The molecule has 2 aromatic rings. The van der Waals surface area contributed by atoms with Gasteiger partial charge in [0.15, 0.2) is 12.0 Å². The van der Waals surface area contributed by atoms with E-state index in [-0.39, 0.29) is 17.6 Å². The molecule has 108 valence electrons. The number of pyridine rings is 1. The summed E-state index contributed by atoms with van der Waals surface area (Å²) in [6.45, 7) is -0.254. The van der Waals surface area contributed by atoms with E-state index in [1.165, 1.54) is 24.5 Å². The predicted molar refractivity (Wildman–Crippen MR) is 76.1 cm³/mol. The number of amides is 2. The molecule has 0 aliphatic heterocycles. The molecule has 2 rings (SSSR count). The number of carbonyl (C=O) groups excluding carboxylic acids is 2. The van der Waals surface area contributed by atoms with Gasteiger partial charge in [0.2, 0.25) is 0 Å². The molecule has 4 N–H and O–H groups in total. The summed E-state index contributed by atoms with van der Waals surface area (Å²) in [4.78, 5) is 36.8. The largest absolute Gasteiger partial charge is 0.484 e. The molecule has 2 amide bonds. The second kappa shape index (κ2) is 6.38. The Morgan fingerprint density at radius 2 is 2.10 bits per heavy atom. The smallest absolute Gasteiger partial charge is 0.261 e. The Hall–Kier alpha value is -3.09. The van der Waals surface area contributed by atoms with E-state index in [1.54, 1.807) is 18.2 Å². The standard InChI is InChI=1S/C14H13N3O4/c15-13(19)8-21-10-3-1-2-9(6-10)17-14(20)11-7-16-5-4-12(11)18/h1-7H,8H2,(H2,15,19)(H,16,18)(H,17,20). The van der Waals surface area contributed by atoms with Crippen molar-refractivity contribution in [2.75, 3.05) is 11.9 Å². The summed E-state index contributed by atoms with van der Waals surface area (Å²) in [6, 6.07) is 7.68. The summed E-state index contributed by atoms with van der Waals surface area (Å²) in [5.41, 5.74) is 5.03. The van der Waals surface area contributed by atoms with Gasteiger partial charge in [-0.1, -0.05) is 6.07 Å². The summed E-state index contributed by atoms with van der Waals surface area (Å²) in [6.07, 6.45) is 2.77. The van der Waals surface area contributed by atoms with E-state index >= 15 is 0 Å². The molecule has 0 saturated carbocycles. The van der Waals surface area contributed by atoms with E-state index in [1.807, 2.05) is 0 Å². The molecule has 0 unspecified atom stereocenters. The number of hydrogen-bond donors (Lipinski definition) is 3. The predicted octanol–water partition coefficient (Wildman–Crippen LogP) is 0.491. The van der Waals surface area contributed by atoms with Gasteiger partial charge in [0.05, 0.1) is 0 Å². The lowest BCUT2D eigenvalue weighted by molar-refractivity contribution is -0.119. The van der Waals surface area contributed by atoms with E-state index in [0.29, 0.717) is 11.4 Å². The second-order valence-corrected chi connectivity index (χ2v) is 4.16. The molecule has 0 saturated heterocycles. The fourth-order valence-electron chi connectivity index (χ4n) is 1.61. The lowest BCUT2D eigenvalue weighted by atomic mass is 10.2. The van der Waals surface area contributed by atoms with Crippen LogP contribution < -0.4 is 21.2 Å². The Kier molecular flexibility index (Phi) is 4.35. The highest BCUT2D eigenvalue weighted by atomic mass is 16.5. The van der Waals surface area contributed by atoms with Crippen LogP contribution in [0, 0.1) is 0 Å². The van der Waals surface area contributed by atoms with Crippen molar-refractivity contribution in [2.45, 2.75) is 0 Å². The van der Waals surface area contributed by atoms with Crippen molar-refractivity contribution in [1.29, 1.82) is 0 Å². The van der Waals surface area contributed by atoms with Gasteiger partial charge in [0.25, 0.3) is 11.8 Å². The molecule has 21 heavy (non-hydrogen) atoms. The average molecular weight is 287 g/mol. The Balaban J connectivity index is 2.11. The SMILES string of the molecule is NC(=O)COc1cccc(NC(=O)c2c[nH]ccc2=O)c1. The third-order valence-corrected chi connectivity index (χ3v) is 2.54. The molecule has 0 radical (unpaired) electrons. The molecule has 0 aliphatic carbocycles. The number of aromatic amines is 1. The Morgan fingerprint density at radius 3 is 2.81 bits per heavy atom. The summed E-state index contributed by atoms with van der Waals surface area (Å²) in [5, 5.41) is 2.57. The van der Waals surface area contributed by atoms with Crippen molar-refractivity contribution < 1.29 is 14.3 Å². The number of H-pyrrole nitrogens is 1. The van der Waals surface area contributed by atoms with Gasteiger partial charge in [-0.05, 0) is 12.1 Å². The van der Waals surface area contributed by atoms with E-state index in [2.05, 4.69) is 10.3 Å². The molecule has 7 nitrogen and oxygen atoms in total. The number of hydrogen-bond acceptors (Lipinski definition) is 4. The highest BCUT2D eigenvalue weighted by Gasteiger charge is 2.10. The van der Waals surface area contributed by atoms with Crippen molar-refractivity contribution in [3.05, 3.63) is 58.5 Å². The van der Waals surface area contributed by atoms with Crippen LogP contribution in [0.5, 0.6) is 5.75 Å². The van der Waals surface area contributed by atoms with Crippen LogP contribution in [0.4, 0.5) is 5.69 Å². The zero-order valence-electron chi connectivity index (χ0n) is 11.0. The van der Waals surface area contributed by atoms with Gasteiger partial charge in [-0.3, -0.25) is 14.4 Å². The minimum Gasteiger partial charge on any atom is -0.484 e. The molecule has 0 bridgehead atoms. The number of ether oxygens (including phenoxy) is 1. The van der Waals surface area contributed by atoms with Crippen molar-refractivity contribution in [1.82, 2.24) is 4.98 Å². The molecule has 0 aliphatic rings. The quantitative estimate of drug-likeness (QED) is 0.742. The molecular weight excluding hydrogens is 274 g/mol. The first-order valence-electron chi connectivity index (χ1n) is 6.06. The molecule has 1 aromatic heterocycles. The van der Waals surface area contributed by atoms with Crippen LogP contribution in [-0.2, 0) is 4.79 Å². The maximum atomic E-state index is 12.0. The maximum absolute atomic E-state index is 12.0.